The van der Waals surface area contributed by atoms with Crippen molar-refractivity contribution in [3.05, 3.63) is 57.8 Å². The Hall–Kier alpha value is -2.83. The van der Waals surface area contributed by atoms with Crippen molar-refractivity contribution in [2.45, 2.75) is 25.8 Å². The summed E-state index contributed by atoms with van der Waals surface area (Å²) in [7, 11) is 0. The molecule has 0 aliphatic carbocycles. The van der Waals surface area contributed by atoms with Gasteiger partial charge in [-0.1, -0.05) is 29.8 Å². The number of fused-ring (bicyclic) bond motifs is 5. The van der Waals surface area contributed by atoms with Gasteiger partial charge in [0.2, 0.25) is 5.91 Å². The second kappa shape index (κ2) is 7.06. The number of carbonyl (C=O) groups excluding carboxylic acids is 1. The molecule has 0 atom stereocenters. The molecule has 0 aliphatic heterocycles. The number of H-pyrrole nitrogens is 1. The Bertz CT molecular complexity index is 1230. The van der Waals surface area contributed by atoms with E-state index in [4.69, 9.17) is 16.8 Å². The molecule has 0 bridgehead atoms. The molecule has 0 unspecified atom stereocenters. The number of halogens is 1. The first-order valence-electron chi connectivity index (χ1n) is 8.75. The fourth-order valence-electron chi connectivity index (χ4n) is 3.65. The summed E-state index contributed by atoms with van der Waals surface area (Å²) in [6.45, 7) is 0.677. The van der Waals surface area contributed by atoms with E-state index in [1.54, 1.807) is 5.48 Å². The zero-order chi connectivity index (χ0) is 19.0. The Morgan fingerprint density at radius 1 is 1.11 bits per heavy atom. The van der Waals surface area contributed by atoms with Crippen LogP contribution in [0.2, 0.25) is 5.02 Å². The highest BCUT2D eigenvalue weighted by molar-refractivity contribution is 6.32. The summed E-state index contributed by atoms with van der Waals surface area (Å²) in [4.78, 5) is 26.8. The summed E-state index contributed by atoms with van der Waals surface area (Å²) in [6.07, 6.45) is 1.65. The Kier molecular flexibility index (Phi) is 4.59. The molecule has 2 aromatic carbocycles. The number of nitrogens with zero attached hydrogens (tertiary/aromatic N) is 1. The number of hydroxylamine groups is 1. The molecule has 1 amide bonds. The minimum Gasteiger partial charge on any atom is -0.339 e. The van der Waals surface area contributed by atoms with Crippen LogP contribution in [-0.4, -0.2) is 20.7 Å². The molecule has 4 rings (SSSR count). The van der Waals surface area contributed by atoms with Crippen molar-refractivity contribution in [1.82, 2.24) is 15.0 Å². The summed E-state index contributed by atoms with van der Waals surface area (Å²) in [6, 6.07) is 13.2. The van der Waals surface area contributed by atoms with Gasteiger partial charge in [-0.2, -0.15) is 0 Å². The molecule has 0 radical (unpaired) electrons. The number of amides is 1. The molecule has 6 nitrogen and oxygen atoms in total. The van der Waals surface area contributed by atoms with E-state index in [-0.39, 0.29) is 12.0 Å². The Morgan fingerprint density at radius 3 is 2.67 bits per heavy atom. The van der Waals surface area contributed by atoms with Crippen LogP contribution in [0.1, 0.15) is 19.3 Å². The highest BCUT2D eigenvalue weighted by atomic mass is 35.5. The molecule has 27 heavy (non-hydrogen) atoms. The zero-order valence-corrected chi connectivity index (χ0v) is 15.2. The molecule has 0 spiro atoms. The second-order valence-electron chi connectivity index (χ2n) is 6.53. The minimum absolute atomic E-state index is 0.128. The van der Waals surface area contributed by atoms with Gasteiger partial charge < -0.3 is 9.55 Å². The quantitative estimate of drug-likeness (QED) is 0.277. The molecule has 2 aromatic heterocycles. The molecule has 0 fully saturated rings. The number of aromatic nitrogens is 2. The first-order chi connectivity index (χ1) is 13.1. The van der Waals surface area contributed by atoms with Crippen molar-refractivity contribution >= 4 is 50.2 Å². The van der Waals surface area contributed by atoms with Crippen LogP contribution < -0.4 is 11.0 Å². The normalized spacial score (nSPS) is 11.5. The van der Waals surface area contributed by atoms with Gasteiger partial charge in [0.05, 0.1) is 16.6 Å². The smallest absolute Gasteiger partial charge is 0.256 e. The van der Waals surface area contributed by atoms with E-state index < -0.39 is 5.91 Å². The van der Waals surface area contributed by atoms with Gasteiger partial charge in [-0.15, -0.1) is 0 Å². The van der Waals surface area contributed by atoms with Crippen LogP contribution in [0.15, 0.2) is 47.3 Å². The number of hydrogen-bond acceptors (Lipinski definition) is 3. The Labute approximate surface area is 159 Å². The summed E-state index contributed by atoms with van der Waals surface area (Å²) >= 11 is 6.19. The third kappa shape index (κ3) is 3.07. The van der Waals surface area contributed by atoms with Gasteiger partial charge in [0.1, 0.15) is 0 Å². The fraction of sp³-hybridized carbons (Fsp3) is 0.200. The largest absolute Gasteiger partial charge is 0.339 e. The summed E-state index contributed by atoms with van der Waals surface area (Å²) in [5, 5.41) is 11.6. The molecular weight excluding hydrogens is 366 g/mol. The second-order valence-corrected chi connectivity index (χ2v) is 6.96. The van der Waals surface area contributed by atoms with Gasteiger partial charge in [-0.3, -0.25) is 14.8 Å². The van der Waals surface area contributed by atoms with Gasteiger partial charge in [0.25, 0.3) is 5.56 Å². The highest BCUT2D eigenvalue weighted by Crippen LogP contribution is 2.33. The lowest BCUT2D eigenvalue weighted by Gasteiger charge is -2.09. The number of hydrogen-bond donors (Lipinski definition) is 3. The number of aromatic amines is 1. The standard InChI is InChI=1S/C20H18ClN3O3/c21-12-8-9-16-15(11-12)18-19(24(16)10-4-3-7-17(25)23-27)13-5-1-2-6-14(13)20(26)22-18/h1-2,5-6,8-9,11,27H,3-4,7,10H2,(H,22,26)(H,23,25). The Balaban J connectivity index is 1.90. The molecule has 4 aromatic rings. The zero-order valence-electron chi connectivity index (χ0n) is 14.5. The van der Waals surface area contributed by atoms with Crippen LogP contribution in [-0.2, 0) is 11.3 Å². The first-order valence-corrected chi connectivity index (χ1v) is 9.13. The SMILES string of the molecule is O=C(CCCCn1c2ccc(Cl)cc2c2[nH]c(=O)c3ccccc3c21)NO. The third-order valence-electron chi connectivity index (χ3n) is 4.85. The third-order valence-corrected chi connectivity index (χ3v) is 5.09. The molecule has 2 heterocycles. The predicted octanol–water partition coefficient (Wildman–Crippen LogP) is 3.97. The van der Waals surface area contributed by atoms with Crippen LogP contribution in [0.5, 0.6) is 0 Å². The topological polar surface area (TPSA) is 87.1 Å². The lowest BCUT2D eigenvalue weighted by molar-refractivity contribution is -0.129. The van der Waals surface area contributed by atoms with Gasteiger partial charge in [-0.05, 0) is 37.1 Å². The summed E-state index contributed by atoms with van der Waals surface area (Å²) in [5.41, 5.74) is 4.23. The van der Waals surface area contributed by atoms with Crippen molar-refractivity contribution < 1.29 is 10.0 Å². The van der Waals surface area contributed by atoms with Crippen LogP contribution in [0.3, 0.4) is 0 Å². The summed E-state index contributed by atoms with van der Waals surface area (Å²) < 4.78 is 2.16. The molecule has 0 saturated carbocycles. The number of aryl methyl sites for hydroxylation is 1. The minimum atomic E-state index is -0.390. The van der Waals surface area contributed by atoms with Crippen LogP contribution in [0, 0.1) is 0 Å². The van der Waals surface area contributed by atoms with Gasteiger partial charge >= 0.3 is 0 Å². The van der Waals surface area contributed by atoms with Gasteiger partial charge in [0.15, 0.2) is 0 Å². The molecule has 0 saturated heterocycles. The number of pyridine rings is 1. The number of nitrogens with one attached hydrogen (secondary N) is 2. The molecule has 0 aliphatic rings. The van der Waals surface area contributed by atoms with E-state index in [0.29, 0.717) is 23.4 Å². The van der Waals surface area contributed by atoms with E-state index in [1.165, 1.54) is 0 Å². The van der Waals surface area contributed by atoms with Crippen molar-refractivity contribution in [2.24, 2.45) is 0 Å². The monoisotopic (exact) mass is 383 g/mol. The fourth-order valence-corrected chi connectivity index (χ4v) is 3.82. The maximum atomic E-state index is 12.5. The molecule has 7 heteroatoms. The van der Waals surface area contributed by atoms with Crippen LogP contribution >= 0.6 is 11.6 Å². The number of carbonyl (C=O) groups is 1. The molecule has 138 valence electrons. The van der Waals surface area contributed by atoms with E-state index in [1.807, 2.05) is 42.5 Å². The van der Waals surface area contributed by atoms with Gasteiger partial charge in [-0.25, -0.2) is 5.48 Å². The average molecular weight is 384 g/mol. The lowest BCUT2D eigenvalue weighted by Crippen LogP contribution is -2.18. The first kappa shape index (κ1) is 17.6. The predicted molar refractivity (Wildman–Crippen MR) is 106 cm³/mol. The van der Waals surface area contributed by atoms with E-state index in [0.717, 1.165) is 33.7 Å². The van der Waals surface area contributed by atoms with Crippen molar-refractivity contribution in [1.29, 1.82) is 0 Å². The van der Waals surface area contributed by atoms with Crippen molar-refractivity contribution in [3.63, 3.8) is 0 Å². The Morgan fingerprint density at radius 2 is 1.89 bits per heavy atom. The average Bonchev–Trinajstić information content (AvgIpc) is 2.98. The molecule has 3 N–H and O–H groups in total. The van der Waals surface area contributed by atoms with E-state index in [9.17, 15) is 9.59 Å². The summed E-state index contributed by atoms with van der Waals surface area (Å²) in [5.74, 6) is -0.390. The van der Waals surface area contributed by atoms with Crippen molar-refractivity contribution in [2.75, 3.05) is 0 Å². The van der Waals surface area contributed by atoms with Gasteiger partial charge in [0, 0.05) is 34.1 Å². The highest BCUT2D eigenvalue weighted by Gasteiger charge is 2.16. The maximum Gasteiger partial charge on any atom is 0.256 e. The number of unbranched alkanes of at least 4 members (excludes halogenated alkanes) is 1. The number of rotatable bonds is 5. The van der Waals surface area contributed by atoms with E-state index in [2.05, 4.69) is 9.55 Å². The van der Waals surface area contributed by atoms with Crippen LogP contribution in [0.25, 0.3) is 32.7 Å². The van der Waals surface area contributed by atoms with Crippen molar-refractivity contribution in [3.8, 4) is 0 Å². The van der Waals surface area contributed by atoms with Crippen LogP contribution in [0.4, 0.5) is 0 Å². The molecular formula is C20H18ClN3O3. The number of benzene rings is 2. The lowest BCUT2D eigenvalue weighted by atomic mass is 10.1. The van der Waals surface area contributed by atoms with E-state index >= 15 is 0 Å². The maximum absolute atomic E-state index is 12.5.